The van der Waals surface area contributed by atoms with Crippen LogP contribution in [0.5, 0.6) is 0 Å². The van der Waals surface area contributed by atoms with Gasteiger partial charge in [-0.2, -0.15) is 11.1 Å². The molecule has 0 saturated heterocycles. The van der Waals surface area contributed by atoms with Gasteiger partial charge in [-0.3, -0.25) is 0 Å². The molecule has 0 radical (unpaired) electrons. The first kappa shape index (κ1) is 15.0. The minimum absolute atomic E-state index is 0.00655. The highest BCUT2D eigenvalue weighted by Gasteiger charge is 2.37. The van der Waals surface area contributed by atoms with Crippen LogP contribution < -0.4 is 0 Å². The zero-order chi connectivity index (χ0) is 11.4. The lowest BCUT2D eigenvalue weighted by molar-refractivity contribution is 0.718. The minimum Gasteiger partial charge on any atom is -0.167 e. The van der Waals surface area contributed by atoms with Gasteiger partial charge in [0, 0.05) is 15.4 Å². The highest BCUT2D eigenvalue weighted by Crippen LogP contribution is 2.43. The maximum absolute atomic E-state index is 6.52. The first-order valence-electron chi connectivity index (χ1n) is 5.45. The summed E-state index contributed by atoms with van der Waals surface area (Å²) in [4.78, 5) is 0. The van der Waals surface area contributed by atoms with Crippen LogP contribution in [0.1, 0.15) is 27.2 Å². The van der Waals surface area contributed by atoms with Crippen LogP contribution in [0.3, 0.4) is 0 Å². The van der Waals surface area contributed by atoms with E-state index >= 15 is 0 Å². The van der Waals surface area contributed by atoms with E-state index in [9.17, 15) is 0 Å². The van der Waals surface area contributed by atoms with Crippen LogP contribution in [0.4, 0.5) is 0 Å². The maximum Gasteiger partial charge on any atom is 0.155 e. The summed E-state index contributed by atoms with van der Waals surface area (Å²) in [5.74, 6) is 0.816. The molecule has 0 aliphatic heterocycles. The Bertz CT molecular complexity index is 164. The Morgan fingerprint density at radius 3 is 2.21 bits per heavy atom. The Hall–Kier alpha value is 1.01. The minimum atomic E-state index is -1.50. The van der Waals surface area contributed by atoms with Gasteiger partial charge in [0.1, 0.15) is 0 Å². The molecule has 0 N–H and O–H groups in total. The molecule has 0 fully saturated rings. The Labute approximate surface area is 102 Å². The monoisotopic (exact) mass is 270 g/mol. The molecule has 0 amide bonds. The second kappa shape index (κ2) is 5.93. The number of rotatable bonds is 6. The Morgan fingerprint density at radius 1 is 1.36 bits per heavy atom. The van der Waals surface area contributed by atoms with E-state index in [1.807, 2.05) is 0 Å². The molecule has 1 unspecified atom stereocenters. The summed E-state index contributed by atoms with van der Waals surface area (Å²) in [5, 5.41) is 0.390. The van der Waals surface area contributed by atoms with Crippen molar-refractivity contribution in [1.82, 2.24) is 0 Å². The van der Waals surface area contributed by atoms with Crippen LogP contribution in [-0.4, -0.2) is 22.8 Å². The average molecular weight is 271 g/mol. The molecule has 1 atom stereocenters. The van der Waals surface area contributed by atoms with Crippen molar-refractivity contribution in [2.75, 3.05) is 5.88 Å². The third-order valence-electron chi connectivity index (χ3n) is 3.47. The van der Waals surface area contributed by atoms with Crippen LogP contribution in [0.15, 0.2) is 0 Å². The Morgan fingerprint density at radius 2 is 1.86 bits per heavy atom. The topological polar surface area (TPSA) is 0 Å². The quantitative estimate of drug-likeness (QED) is 0.385. The van der Waals surface area contributed by atoms with Crippen LogP contribution in [0.25, 0.3) is 0 Å². The van der Waals surface area contributed by atoms with Crippen LogP contribution in [-0.2, 0) is 0 Å². The van der Waals surface area contributed by atoms with Crippen molar-refractivity contribution in [2.24, 2.45) is 0 Å². The van der Waals surface area contributed by atoms with Gasteiger partial charge in [0.2, 0.25) is 0 Å². The molecule has 0 aliphatic rings. The third-order valence-corrected chi connectivity index (χ3v) is 12.1. The second-order valence-corrected chi connectivity index (χ2v) is 15.5. The normalized spacial score (nSPS) is 16.5. The number of alkyl halides is 1. The van der Waals surface area contributed by atoms with E-state index in [2.05, 4.69) is 33.9 Å². The molecule has 0 aromatic heterocycles. The molecule has 4 heteroatoms. The summed E-state index contributed by atoms with van der Waals surface area (Å²) in [7, 11) is -1.49. The van der Waals surface area contributed by atoms with E-state index in [0.717, 1.165) is 11.4 Å². The summed E-state index contributed by atoms with van der Waals surface area (Å²) >= 11 is 12.3. The van der Waals surface area contributed by atoms with E-state index in [0.29, 0.717) is 5.04 Å². The number of hydrogen-bond donors (Lipinski definition) is 0. The van der Waals surface area contributed by atoms with E-state index < -0.39 is 7.38 Å². The summed E-state index contributed by atoms with van der Waals surface area (Å²) in [5.41, 5.74) is 0.875. The molecule has 0 heterocycles. The average Bonchev–Trinajstić information content (AvgIpc) is 1.99. The van der Waals surface area contributed by atoms with Gasteiger partial charge < -0.3 is 0 Å². The summed E-state index contributed by atoms with van der Waals surface area (Å²) < 4.78 is 0. The zero-order valence-corrected chi connectivity index (χ0v) is 14.1. The first-order chi connectivity index (χ1) is 6.20. The van der Waals surface area contributed by atoms with Crippen molar-refractivity contribution in [2.45, 2.75) is 56.9 Å². The Kier molecular flexibility index (Phi) is 6.35. The van der Waals surface area contributed by atoms with Crippen molar-refractivity contribution in [3.8, 4) is 0 Å². The van der Waals surface area contributed by atoms with Gasteiger partial charge >= 0.3 is 0 Å². The van der Waals surface area contributed by atoms with Crippen molar-refractivity contribution in [1.29, 1.82) is 0 Å². The maximum atomic E-state index is 6.52. The lowest BCUT2D eigenvalue weighted by atomic mass is 10.2. The summed E-state index contributed by atoms with van der Waals surface area (Å²) in [6, 6.07) is 1.37. The molecule has 0 bridgehead atoms. The van der Waals surface area contributed by atoms with Crippen LogP contribution >= 0.6 is 22.7 Å². The molecule has 0 aliphatic carbocycles. The largest absolute Gasteiger partial charge is 0.167 e. The SMILES string of the molecule is CC(CCCl)[SiH2]CC(C)(C)[Si](C)(C)Cl. The third kappa shape index (κ3) is 5.20. The van der Waals surface area contributed by atoms with E-state index in [1.165, 1.54) is 12.5 Å². The molecule has 0 nitrogen and oxygen atoms in total. The van der Waals surface area contributed by atoms with Gasteiger partial charge in [0.15, 0.2) is 7.38 Å². The highest BCUT2D eigenvalue weighted by molar-refractivity contribution is 7.20. The highest BCUT2D eigenvalue weighted by atomic mass is 35.6. The lowest BCUT2D eigenvalue weighted by Crippen LogP contribution is -2.33. The first-order valence-corrected chi connectivity index (χ1v) is 11.8. The summed E-state index contributed by atoms with van der Waals surface area (Å²) in [6.07, 6.45) is 1.19. The standard InChI is InChI=1S/C10H24Cl2Si2/c1-9(6-7-11)13-8-10(2,3)14(4,5)12/h9H,6-8,13H2,1-5H3. The van der Waals surface area contributed by atoms with Crippen molar-refractivity contribution in [3.63, 3.8) is 0 Å². The lowest BCUT2D eigenvalue weighted by Gasteiger charge is -2.35. The van der Waals surface area contributed by atoms with E-state index in [-0.39, 0.29) is 9.52 Å². The van der Waals surface area contributed by atoms with Crippen molar-refractivity contribution >= 4 is 39.6 Å². The Balaban J connectivity index is 3.99. The molecule has 0 spiro atoms. The van der Waals surface area contributed by atoms with Crippen molar-refractivity contribution < 1.29 is 0 Å². The van der Waals surface area contributed by atoms with E-state index in [1.54, 1.807) is 0 Å². The van der Waals surface area contributed by atoms with E-state index in [4.69, 9.17) is 22.7 Å². The van der Waals surface area contributed by atoms with Crippen molar-refractivity contribution in [3.05, 3.63) is 0 Å². The number of halogens is 2. The van der Waals surface area contributed by atoms with Gasteiger partial charge in [-0.05, 0) is 11.5 Å². The van der Waals surface area contributed by atoms with Gasteiger partial charge in [0.25, 0.3) is 0 Å². The molecule has 14 heavy (non-hydrogen) atoms. The molecule has 0 aromatic carbocycles. The smallest absolute Gasteiger partial charge is 0.155 e. The van der Waals surface area contributed by atoms with Gasteiger partial charge in [0.05, 0.1) is 0 Å². The molecule has 86 valence electrons. The number of hydrogen-bond acceptors (Lipinski definition) is 0. The molecule has 0 saturated carbocycles. The molecule has 0 aromatic rings. The predicted octanol–water partition coefficient (Wildman–Crippen LogP) is 4.23. The fraction of sp³-hybridized carbons (Fsp3) is 1.00. The van der Waals surface area contributed by atoms with Crippen LogP contribution in [0.2, 0.25) is 29.7 Å². The molecule has 0 rings (SSSR count). The predicted molar refractivity (Wildman–Crippen MR) is 75.5 cm³/mol. The van der Waals surface area contributed by atoms with Gasteiger partial charge in [-0.25, -0.2) is 0 Å². The fourth-order valence-corrected chi connectivity index (χ4v) is 7.24. The zero-order valence-electron chi connectivity index (χ0n) is 10.2. The van der Waals surface area contributed by atoms with Crippen LogP contribution in [0, 0.1) is 0 Å². The van der Waals surface area contributed by atoms with Gasteiger partial charge in [-0.15, -0.1) is 11.6 Å². The second-order valence-electron chi connectivity index (χ2n) is 5.48. The molecular formula is C10H24Cl2Si2. The summed E-state index contributed by atoms with van der Waals surface area (Å²) in [6.45, 7) is 11.5. The molecular weight excluding hydrogens is 247 g/mol. The van der Waals surface area contributed by atoms with Gasteiger partial charge in [-0.1, -0.05) is 45.5 Å². The fourth-order valence-electron chi connectivity index (χ4n) is 1.24.